The van der Waals surface area contributed by atoms with Crippen molar-refractivity contribution in [2.45, 2.75) is 0 Å². The third-order valence-electron chi connectivity index (χ3n) is 0.520. The highest BCUT2D eigenvalue weighted by molar-refractivity contribution is 8.15. The van der Waals surface area contributed by atoms with Gasteiger partial charge in [-0.05, 0) is 29.6 Å². The Kier molecular flexibility index (Phi) is 8.17. The zero-order valence-electron chi connectivity index (χ0n) is 5.11. The highest BCUT2D eigenvalue weighted by Crippen LogP contribution is 1.99. The molecule has 0 saturated carbocycles. The third kappa shape index (κ3) is 4.75. The molecular weight excluding hydrogens is 165 g/mol. The Labute approximate surface area is 65.5 Å². The van der Waals surface area contributed by atoms with Gasteiger partial charge in [0.25, 0.3) is 0 Å². The average Bonchev–Trinajstić information content (AvgIpc) is 1.65. The van der Waals surface area contributed by atoms with Crippen molar-refractivity contribution in [2.75, 3.05) is 20.4 Å². The topological polar surface area (TPSA) is 3.01 Å². The van der Waals surface area contributed by atoms with Crippen molar-refractivity contribution in [2.24, 2.45) is 0 Å². The lowest BCUT2D eigenvalue weighted by molar-refractivity contribution is -0.459. The fourth-order valence-corrected chi connectivity index (χ4v) is 0.548. The Hall–Kier alpha value is 0.600. The minimum Gasteiger partial charge on any atom is -1.00 e. The third-order valence-corrected chi connectivity index (χ3v) is 2.02. The lowest BCUT2D eigenvalue weighted by Gasteiger charge is -1.85. The summed E-state index contributed by atoms with van der Waals surface area (Å²) >= 11 is 7.15. The van der Waals surface area contributed by atoms with Crippen LogP contribution in [0, 0.1) is 0 Å². The normalized spacial score (nSPS) is 7.50. The van der Waals surface area contributed by atoms with Gasteiger partial charge in [-0.15, -0.1) is 0 Å². The SMILES string of the molecule is CSC(Cl)=[N+](C)C.[Cl-]. The summed E-state index contributed by atoms with van der Waals surface area (Å²) in [5.74, 6) is 0. The second-order valence-corrected chi connectivity index (χ2v) is 2.73. The molecule has 0 aromatic heterocycles. The molecule has 0 fully saturated rings. The van der Waals surface area contributed by atoms with Crippen LogP contribution in [0.4, 0.5) is 0 Å². The Morgan fingerprint density at radius 1 is 1.50 bits per heavy atom. The molecule has 1 nitrogen and oxygen atoms in total. The highest BCUT2D eigenvalue weighted by Gasteiger charge is 1.96. The molecule has 0 aliphatic heterocycles. The number of thioether (sulfide) groups is 1. The van der Waals surface area contributed by atoms with E-state index in [1.807, 2.05) is 24.9 Å². The first-order valence-corrected chi connectivity index (χ1v) is 3.52. The van der Waals surface area contributed by atoms with Crippen LogP contribution in [0.15, 0.2) is 0 Å². The van der Waals surface area contributed by atoms with E-state index in [1.54, 1.807) is 11.8 Å². The minimum absolute atomic E-state index is 0. The second-order valence-electron chi connectivity index (χ2n) is 1.35. The molecule has 0 spiro atoms. The Bertz CT molecular complexity index is 88.0. The summed E-state index contributed by atoms with van der Waals surface area (Å²) in [5, 5.41) is 0. The molecule has 0 aromatic carbocycles. The largest absolute Gasteiger partial charge is 1.00 e. The van der Waals surface area contributed by atoms with Gasteiger partial charge in [-0.2, -0.15) is 0 Å². The molecule has 0 aliphatic carbocycles. The zero-order chi connectivity index (χ0) is 5.86. The van der Waals surface area contributed by atoms with Crippen LogP contribution in [0.5, 0.6) is 0 Å². The molecule has 0 bridgehead atoms. The predicted octanol–water partition coefficient (Wildman–Crippen LogP) is -1.78. The molecule has 0 aliphatic rings. The van der Waals surface area contributed by atoms with E-state index in [1.165, 1.54) is 0 Å². The Morgan fingerprint density at radius 2 is 1.88 bits per heavy atom. The predicted molar refractivity (Wildman–Crippen MR) is 36.5 cm³/mol. The molecule has 0 amide bonds. The quantitative estimate of drug-likeness (QED) is 0.238. The van der Waals surface area contributed by atoms with Crippen molar-refractivity contribution in [3.05, 3.63) is 0 Å². The van der Waals surface area contributed by atoms with Gasteiger partial charge in [0, 0.05) is 0 Å². The summed E-state index contributed by atoms with van der Waals surface area (Å²) in [4.78, 5) is 0. The van der Waals surface area contributed by atoms with Crippen molar-refractivity contribution in [3.8, 4) is 0 Å². The van der Waals surface area contributed by atoms with Crippen LogP contribution in [0.25, 0.3) is 0 Å². The number of hydrogen-bond donors (Lipinski definition) is 0. The van der Waals surface area contributed by atoms with Gasteiger partial charge in [-0.3, -0.25) is 0 Å². The van der Waals surface area contributed by atoms with Gasteiger partial charge < -0.3 is 12.4 Å². The fraction of sp³-hybridized carbons (Fsp3) is 0.750. The van der Waals surface area contributed by atoms with E-state index in [0.29, 0.717) is 0 Å². The number of halogens is 2. The monoisotopic (exact) mass is 173 g/mol. The zero-order valence-corrected chi connectivity index (χ0v) is 7.44. The first-order valence-electron chi connectivity index (χ1n) is 1.92. The Balaban J connectivity index is 0. The molecular formula is C4H9Cl2NS. The molecule has 0 aromatic rings. The van der Waals surface area contributed by atoms with Crippen LogP contribution in [-0.2, 0) is 0 Å². The summed E-state index contributed by atoms with van der Waals surface area (Å²) in [6, 6.07) is 0. The van der Waals surface area contributed by atoms with Gasteiger partial charge in [-0.1, -0.05) is 0 Å². The van der Waals surface area contributed by atoms with Crippen LogP contribution in [0.2, 0.25) is 0 Å². The second kappa shape index (κ2) is 5.73. The van der Waals surface area contributed by atoms with E-state index in [2.05, 4.69) is 0 Å². The first kappa shape index (κ1) is 11.4. The molecule has 50 valence electrons. The molecule has 0 rings (SSSR count). The van der Waals surface area contributed by atoms with Gasteiger partial charge >= 0.3 is 4.50 Å². The highest BCUT2D eigenvalue weighted by atomic mass is 35.5. The Morgan fingerprint density at radius 3 is 1.88 bits per heavy atom. The van der Waals surface area contributed by atoms with Crippen LogP contribution < -0.4 is 12.4 Å². The van der Waals surface area contributed by atoms with Gasteiger partial charge in [0.05, 0.1) is 0 Å². The summed E-state index contributed by atoms with van der Waals surface area (Å²) in [7, 11) is 3.83. The van der Waals surface area contributed by atoms with Crippen LogP contribution in [0.1, 0.15) is 0 Å². The molecule has 0 saturated heterocycles. The summed E-state index contributed by atoms with van der Waals surface area (Å²) < 4.78 is 2.69. The van der Waals surface area contributed by atoms with E-state index in [9.17, 15) is 0 Å². The van der Waals surface area contributed by atoms with Crippen LogP contribution >= 0.6 is 23.4 Å². The van der Waals surface area contributed by atoms with Crippen molar-refractivity contribution < 1.29 is 17.0 Å². The van der Waals surface area contributed by atoms with Crippen molar-refractivity contribution in [1.29, 1.82) is 0 Å². The first-order chi connectivity index (χ1) is 3.18. The number of nitrogens with zero attached hydrogens (tertiary/aromatic N) is 1. The van der Waals surface area contributed by atoms with E-state index >= 15 is 0 Å². The van der Waals surface area contributed by atoms with E-state index in [4.69, 9.17) is 11.6 Å². The molecule has 0 atom stereocenters. The maximum atomic E-state index is 5.61. The van der Waals surface area contributed by atoms with Crippen molar-refractivity contribution >= 4 is 27.9 Å². The molecule has 0 radical (unpaired) electrons. The van der Waals surface area contributed by atoms with Gasteiger partial charge in [0.15, 0.2) is 0 Å². The smallest absolute Gasteiger partial charge is 0.304 e. The van der Waals surface area contributed by atoms with Gasteiger partial charge in [0.1, 0.15) is 14.1 Å². The summed E-state index contributed by atoms with van der Waals surface area (Å²) in [6.07, 6.45) is 1.95. The molecule has 0 N–H and O–H groups in total. The average molecular weight is 174 g/mol. The van der Waals surface area contributed by atoms with E-state index < -0.39 is 0 Å². The maximum Gasteiger partial charge on any atom is 0.304 e. The maximum absolute atomic E-state index is 5.61. The number of rotatable bonds is 0. The summed E-state index contributed by atoms with van der Waals surface area (Å²) in [6.45, 7) is 0. The van der Waals surface area contributed by atoms with Crippen molar-refractivity contribution in [1.82, 2.24) is 0 Å². The lowest BCUT2D eigenvalue weighted by atomic mass is 11.1. The summed E-state index contributed by atoms with van der Waals surface area (Å²) in [5.41, 5.74) is 0. The minimum atomic E-state index is 0. The fourth-order valence-electron chi connectivity index (χ4n) is 0.183. The van der Waals surface area contributed by atoms with Gasteiger partial charge in [0.2, 0.25) is 0 Å². The molecule has 0 heterocycles. The standard InChI is InChI=1S/C4H9ClNS.ClH/c1-6(2)4(5)7-3;/h1-3H3;1H/q+1;/p-1. The molecule has 8 heavy (non-hydrogen) atoms. The molecule has 0 unspecified atom stereocenters. The van der Waals surface area contributed by atoms with E-state index in [-0.39, 0.29) is 12.4 Å². The molecule has 4 heteroatoms. The number of hydrogen-bond acceptors (Lipinski definition) is 1. The van der Waals surface area contributed by atoms with Gasteiger partial charge in [-0.25, -0.2) is 4.58 Å². The van der Waals surface area contributed by atoms with E-state index in [0.717, 1.165) is 4.50 Å². The lowest BCUT2D eigenvalue weighted by Crippen LogP contribution is -3.00. The van der Waals surface area contributed by atoms with Crippen LogP contribution in [0.3, 0.4) is 0 Å². The van der Waals surface area contributed by atoms with Crippen LogP contribution in [-0.4, -0.2) is 29.4 Å². The van der Waals surface area contributed by atoms with Crippen molar-refractivity contribution in [3.63, 3.8) is 0 Å².